The Morgan fingerprint density at radius 1 is 1.03 bits per heavy atom. The van der Waals surface area contributed by atoms with Crippen LogP contribution in [0.3, 0.4) is 0 Å². The summed E-state index contributed by atoms with van der Waals surface area (Å²) in [5.41, 5.74) is 2.92. The van der Waals surface area contributed by atoms with Gasteiger partial charge in [-0.3, -0.25) is 4.98 Å². The first-order valence-corrected chi connectivity index (χ1v) is 13.1. The van der Waals surface area contributed by atoms with Crippen molar-refractivity contribution in [2.45, 2.75) is 77.0 Å². The standard InChI is InChI=1S/C29H42N2O5/c1-28(2)19-34-20-36-29(28,3)15-17-35-24-12-8-22(9-13-24)21-6-10-23(11-7-21)31-25-14-16-30-26(18-32-4)27(25)33-5/h8-9,12-14,16,21,23H,6-7,10-11,15,17-20H2,1-5H3,(H,30,31). The fraction of sp³-hybridized carbons (Fsp3) is 0.621. The van der Waals surface area contributed by atoms with E-state index in [2.05, 4.69) is 55.3 Å². The summed E-state index contributed by atoms with van der Waals surface area (Å²) in [5, 5.41) is 3.68. The molecule has 2 heterocycles. The third-order valence-electron chi connectivity index (χ3n) is 8.11. The van der Waals surface area contributed by atoms with Crippen LogP contribution in [0, 0.1) is 5.41 Å². The number of aromatic nitrogens is 1. The van der Waals surface area contributed by atoms with Crippen molar-refractivity contribution < 1.29 is 23.7 Å². The van der Waals surface area contributed by atoms with Gasteiger partial charge in [0, 0.05) is 31.2 Å². The van der Waals surface area contributed by atoms with Crippen LogP contribution in [0.1, 0.15) is 70.1 Å². The van der Waals surface area contributed by atoms with E-state index in [0.717, 1.165) is 55.0 Å². The first-order valence-electron chi connectivity index (χ1n) is 13.1. The molecule has 198 valence electrons. The Labute approximate surface area is 215 Å². The third kappa shape index (κ3) is 6.13. The molecule has 36 heavy (non-hydrogen) atoms. The lowest BCUT2D eigenvalue weighted by molar-refractivity contribution is -0.252. The average Bonchev–Trinajstić information content (AvgIpc) is 2.87. The summed E-state index contributed by atoms with van der Waals surface area (Å²) >= 11 is 0. The predicted octanol–water partition coefficient (Wildman–Crippen LogP) is 5.93. The lowest BCUT2D eigenvalue weighted by Gasteiger charge is -2.47. The van der Waals surface area contributed by atoms with Crippen molar-refractivity contribution in [3.05, 3.63) is 47.8 Å². The highest BCUT2D eigenvalue weighted by atomic mass is 16.7. The number of hydrogen-bond donors (Lipinski definition) is 1. The molecule has 0 radical (unpaired) electrons. The van der Waals surface area contributed by atoms with E-state index < -0.39 is 0 Å². The van der Waals surface area contributed by atoms with Gasteiger partial charge in [0.2, 0.25) is 0 Å². The van der Waals surface area contributed by atoms with E-state index in [0.29, 0.717) is 38.6 Å². The van der Waals surface area contributed by atoms with Gasteiger partial charge in [0.15, 0.2) is 5.75 Å². The molecule has 7 nitrogen and oxygen atoms in total. The van der Waals surface area contributed by atoms with E-state index in [1.54, 1.807) is 14.2 Å². The van der Waals surface area contributed by atoms with Crippen LogP contribution in [0.25, 0.3) is 0 Å². The number of rotatable bonds is 10. The minimum atomic E-state index is -0.247. The second kappa shape index (κ2) is 11.8. The second-order valence-corrected chi connectivity index (χ2v) is 10.9. The summed E-state index contributed by atoms with van der Waals surface area (Å²) in [7, 11) is 3.36. The molecule has 1 saturated heterocycles. The van der Waals surface area contributed by atoms with E-state index >= 15 is 0 Å². The molecule has 1 aromatic heterocycles. The van der Waals surface area contributed by atoms with Crippen LogP contribution in [0.2, 0.25) is 0 Å². The van der Waals surface area contributed by atoms with Gasteiger partial charge in [-0.05, 0) is 62.3 Å². The monoisotopic (exact) mass is 498 g/mol. The Morgan fingerprint density at radius 3 is 2.44 bits per heavy atom. The molecule has 0 spiro atoms. The molecule has 1 N–H and O–H groups in total. The Morgan fingerprint density at radius 2 is 1.78 bits per heavy atom. The SMILES string of the molecule is COCc1nccc(NC2CCC(c3ccc(OCCC4(C)OCOCC4(C)C)cc3)CC2)c1OC. The van der Waals surface area contributed by atoms with Gasteiger partial charge in [0.25, 0.3) is 0 Å². The van der Waals surface area contributed by atoms with E-state index in [1.807, 2.05) is 12.3 Å². The summed E-state index contributed by atoms with van der Waals surface area (Å²) in [6, 6.07) is 11.1. The first kappa shape index (κ1) is 26.7. The zero-order chi connectivity index (χ0) is 25.6. The molecule has 1 aliphatic heterocycles. The van der Waals surface area contributed by atoms with Gasteiger partial charge in [-0.15, -0.1) is 0 Å². The van der Waals surface area contributed by atoms with Crippen molar-refractivity contribution in [3.63, 3.8) is 0 Å². The fourth-order valence-electron chi connectivity index (χ4n) is 5.29. The average molecular weight is 499 g/mol. The summed E-state index contributed by atoms with van der Waals surface area (Å²) in [5.74, 6) is 2.27. The van der Waals surface area contributed by atoms with Crippen molar-refractivity contribution >= 4 is 5.69 Å². The normalized spacial score (nSPS) is 25.8. The van der Waals surface area contributed by atoms with Crippen molar-refractivity contribution in [1.82, 2.24) is 4.98 Å². The third-order valence-corrected chi connectivity index (χ3v) is 8.11. The zero-order valence-corrected chi connectivity index (χ0v) is 22.5. The minimum Gasteiger partial charge on any atom is -0.493 e. The maximum atomic E-state index is 6.09. The van der Waals surface area contributed by atoms with Crippen LogP contribution >= 0.6 is 0 Å². The van der Waals surface area contributed by atoms with E-state index in [9.17, 15) is 0 Å². The lowest BCUT2D eigenvalue weighted by Crippen LogP contribution is -2.52. The molecule has 0 amide bonds. The largest absolute Gasteiger partial charge is 0.493 e. The van der Waals surface area contributed by atoms with Gasteiger partial charge in [-0.2, -0.15) is 0 Å². The summed E-state index contributed by atoms with van der Waals surface area (Å²) < 4.78 is 28.4. The Balaban J connectivity index is 1.26. The second-order valence-electron chi connectivity index (χ2n) is 10.9. The molecule has 1 saturated carbocycles. The van der Waals surface area contributed by atoms with Crippen LogP contribution in [-0.4, -0.2) is 50.9 Å². The zero-order valence-electron chi connectivity index (χ0n) is 22.5. The van der Waals surface area contributed by atoms with E-state index in [-0.39, 0.29) is 11.0 Å². The molecular formula is C29H42N2O5. The molecule has 1 aromatic carbocycles. The topological polar surface area (TPSA) is 71.1 Å². The highest BCUT2D eigenvalue weighted by molar-refractivity contribution is 5.58. The van der Waals surface area contributed by atoms with E-state index in [1.165, 1.54) is 5.56 Å². The van der Waals surface area contributed by atoms with Gasteiger partial charge in [-0.1, -0.05) is 26.0 Å². The highest BCUT2D eigenvalue weighted by Crippen LogP contribution is 2.40. The van der Waals surface area contributed by atoms with Gasteiger partial charge in [-0.25, -0.2) is 0 Å². The molecule has 1 unspecified atom stereocenters. The van der Waals surface area contributed by atoms with Crippen molar-refractivity contribution in [3.8, 4) is 11.5 Å². The number of nitrogens with zero attached hydrogens (tertiary/aromatic N) is 1. The Hall–Kier alpha value is -2.35. The lowest BCUT2D eigenvalue weighted by atomic mass is 9.74. The minimum absolute atomic E-state index is 0.0408. The number of anilines is 1. The van der Waals surface area contributed by atoms with Gasteiger partial charge in [0.05, 0.1) is 38.2 Å². The molecule has 7 heteroatoms. The molecule has 1 atom stereocenters. The van der Waals surface area contributed by atoms with Crippen LogP contribution in [0.5, 0.6) is 11.5 Å². The quantitative estimate of drug-likeness (QED) is 0.435. The van der Waals surface area contributed by atoms with Crippen molar-refractivity contribution in [2.75, 3.05) is 39.5 Å². The molecule has 2 aliphatic rings. The molecule has 4 rings (SSSR count). The number of hydrogen-bond acceptors (Lipinski definition) is 7. The number of pyridine rings is 1. The summed E-state index contributed by atoms with van der Waals surface area (Å²) in [6.45, 7) is 8.68. The molecular weight excluding hydrogens is 456 g/mol. The van der Waals surface area contributed by atoms with Crippen LogP contribution in [0.4, 0.5) is 5.69 Å². The molecule has 2 fully saturated rings. The summed E-state index contributed by atoms with van der Waals surface area (Å²) in [6.07, 6.45) is 7.19. The number of methoxy groups -OCH3 is 2. The van der Waals surface area contributed by atoms with Crippen molar-refractivity contribution in [1.29, 1.82) is 0 Å². The Bertz CT molecular complexity index is 972. The Kier molecular flexibility index (Phi) is 8.75. The van der Waals surface area contributed by atoms with E-state index in [4.69, 9.17) is 23.7 Å². The van der Waals surface area contributed by atoms with Crippen LogP contribution < -0.4 is 14.8 Å². The van der Waals surface area contributed by atoms with Gasteiger partial charge < -0.3 is 29.0 Å². The number of nitrogens with one attached hydrogen (secondary N) is 1. The predicted molar refractivity (Wildman–Crippen MR) is 141 cm³/mol. The van der Waals surface area contributed by atoms with Crippen molar-refractivity contribution in [2.24, 2.45) is 5.41 Å². The first-order chi connectivity index (χ1) is 17.3. The molecule has 1 aliphatic carbocycles. The van der Waals surface area contributed by atoms with Gasteiger partial charge >= 0.3 is 0 Å². The summed E-state index contributed by atoms with van der Waals surface area (Å²) in [4.78, 5) is 4.39. The highest BCUT2D eigenvalue weighted by Gasteiger charge is 2.45. The maximum Gasteiger partial charge on any atom is 0.165 e. The van der Waals surface area contributed by atoms with Crippen LogP contribution in [-0.2, 0) is 20.8 Å². The fourth-order valence-corrected chi connectivity index (χ4v) is 5.29. The van der Waals surface area contributed by atoms with Gasteiger partial charge in [0.1, 0.15) is 18.2 Å². The number of ether oxygens (including phenoxy) is 5. The maximum absolute atomic E-state index is 6.09. The van der Waals surface area contributed by atoms with Crippen LogP contribution in [0.15, 0.2) is 36.5 Å². The molecule has 2 aromatic rings. The number of benzene rings is 1. The smallest absolute Gasteiger partial charge is 0.165 e. The molecule has 0 bridgehead atoms.